The van der Waals surface area contributed by atoms with Gasteiger partial charge >= 0.3 is 0 Å². The molecule has 3 aromatic carbocycles. The maximum atomic E-state index is 14.2. The van der Waals surface area contributed by atoms with Gasteiger partial charge in [-0.3, -0.25) is 13.9 Å². The number of benzene rings is 3. The van der Waals surface area contributed by atoms with Crippen LogP contribution >= 0.6 is 34.8 Å². The molecule has 10 nitrogen and oxygen atoms in total. The van der Waals surface area contributed by atoms with Crippen molar-refractivity contribution >= 4 is 62.3 Å². The minimum atomic E-state index is -4.46. The van der Waals surface area contributed by atoms with E-state index >= 15 is 0 Å². The SMILES string of the molecule is CNC(=O)[C@@H](C)N(Cc1ccc(Cl)cc1Cl)C(=O)CN(c1cc(Cl)ccc1OC)S(=O)(=O)c1ccc(OC)c(OC)c1. The summed E-state index contributed by atoms with van der Waals surface area (Å²) in [7, 11) is 1.12. The van der Waals surface area contributed by atoms with Crippen LogP contribution in [0.1, 0.15) is 12.5 Å². The van der Waals surface area contributed by atoms with Gasteiger partial charge in [0.15, 0.2) is 11.5 Å². The molecule has 0 saturated carbocycles. The number of anilines is 1. The molecular formula is C28H30Cl3N3O7S. The fourth-order valence-electron chi connectivity index (χ4n) is 4.10. The molecule has 0 aromatic heterocycles. The number of rotatable bonds is 12. The number of ether oxygens (including phenoxy) is 3. The van der Waals surface area contributed by atoms with Crippen molar-refractivity contribution in [1.82, 2.24) is 10.2 Å². The van der Waals surface area contributed by atoms with Gasteiger partial charge in [-0.25, -0.2) is 8.42 Å². The number of likely N-dealkylation sites (N-methyl/N-ethyl adjacent to an activating group) is 1. The van der Waals surface area contributed by atoms with E-state index in [2.05, 4.69) is 5.32 Å². The van der Waals surface area contributed by atoms with E-state index in [1.54, 1.807) is 12.1 Å². The predicted molar refractivity (Wildman–Crippen MR) is 163 cm³/mol. The fraction of sp³-hybridized carbons (Fsp3) is 0.286. The molecule has 14 heteroatoms. The normalized spacial score (nSPS) is 11.8. The first-order chi connectivity index (χ1) is 19.9. The first-order valence-electron chi connectivity index (χ1n) is 12.4. The summed E-state index contributed by atoms with van der Waals surface area (Å²) in [4.78, 5) is 27.7. The number of hydrogen-bond acceptors (Lipinski definition) is 7. The topological polar surface area (TPSA) is 114 Å². The Labute approximate surface area is 260 Å². The summed E-state index contributed by atoms with van der Waals surface area (Å²) in [5.41, 5.74) is 0.505. The van der Waals surface area contributed by atoms with Crippen molar-refractivity contribution < 1.29 is 32.2 Å². The Morgan fingerprint density at radius 1 is 0.857 bits per heavy atom. The first-order valence-corrected chi connectivity index (χ1v) is 15.0. The van der Waals surface area contributed by atoms with Crippen LogP contribution in [0.4, 0.5) is 5.69 Å². The van der Waals surface area contributed by atoms with E-state index in [1.807, 2.05) is 0 Å². The second-order valence-electron chi connectivity index (χ2n) is 8.89. The molecular weight excluding hydrogens is 629 g/mol. The van der Waals surface area contributed by atoms with Gasteiger partial charge in [-0.1, -0.05) is 40.9 Å². The third kappa shape index (κ3) is 7.33. The van der Waals surface area contributed by atoms with Crippen molar-refractivity contribution in [3.8, 4) is 17.2 Å². The molecule has 0 bridgehead atoms. The van der Waals surface area contributed by atoms with Crippen LogP contribution in [0.2, 0.25) is 15.1 Å². The largest absolute Gasteiger partial charge is 0.495 e. The van der Waals surface area contributed by atoms with Gasteiger partial charge in [0.2, 0.25) is 11.8 Å². The van der Waals surface area contributed by atoms with Gasteiger partial charge < -0.3 is 24.4 Å². The third-order valence-electron chi connectivity index (χ3n) is 6.40. The molecule has 42 heavy (non-hydrogen) atoms. The minimum absolute atomic E-state index is 0.00482. The number of nitrogens with one attached hydrogen (secondary N) is 1. The summed E-state index contributed by atoms with van der Waals surface area (Å²) in [6.07, 6.45) is 0. The van der Waals surface area contributed by atoms with E-state index < -0.39 is 34.4 Å². The minimum Gasteiger partial charge on any atom is -0.495 e. The monoisotopic (exact) mass is 657 g/mol. The molecule has 0 aliphatic rings. The average molecular weight is 659 g/mol. The van der Waals surface area contributed by atoms with Crippen molar-refractivity contribution in [1.29, 1.82) is 0 Å². The molecule has 0 saturated heterocycles. The number of methoxy groups -OCH3 is 3. The number of carbonyl (C=O) groups excluding carboxylic acids is 2. The van der Waals surface area contributed by atoms with Crippen LogP contribution in [0.3, 0.4) is 0 Å². The number of sulfonamides is 1. The van der Waals surface area contributed by atoms with Crippen LogP contribution in [0.5, 0.6) is 17.2 Å². The van der Waals surface area contributed by atoms with Gasteiger partial charge in [0.1, 0.15) is 18.3 Å². The molecule has 0 aliphatic carbocycles. The smallest absolute Gasteiger partial charge is 0.265 e. The standard InChI is InChI=1S/C28H30Cl3N3O7S/c1-17(28(36)32-2)33(15-18-6-7-19(29)12-22(18)31)27(35)16-34(23-13-20(30)8-10-24(23)39-3)42(37,38)21-9-11-25(40-4)26(14-21)41-5/h6-14,17H,15-16H2,1-5H3,(H,32,36)/t17-/m1/s1. The van der Waals surface area contributed by atoms with E-state index in [0.717, 1.165) is 4.31 Å². The molecule has 3 aromatic rings. The summed E-state index contributed by atoms with van der Waals surface area (Å²) in [6.45, 7) is 0.688. The van der Waals surface area contributed by atoms with Gasteiger partial charge in [0.05, 0.1) is 31.9 Å². The zero-order valence-corrected chi connectivity index (χ0v) is 26.6. The molecule has 1 N–H and O–H groups in total. The Hall–Kier alpha value is -3.38. The number of carbonyl (C=O) groups is 2. The van der Waals surface area contributed by atoms with E-state index in [1.165, 1.54) is 82.7 Å². The lowest BCUT2D eigenvalue weighted by Crippen LogP contribution is -2.50. The highest BCUT2D eigenvalue weighted by Crippen LogP contribution is 2.37. The van der Waals surface area contributed by atoms with E-state index in [4.69, 9.17) is 49.0 Å². The molecule has 226 valence electrons. The Kier molecular flexibility index (Phi) is 11.2. The summed E-state index contributed by atoms with van der Waals surface area (Å²) >= 11 is 18.7. The molecule has 0 heterocycles. The maximum Gasteiger partial charge on any atom is 0.265 e. The van der Waals surface area contributed by atoms with E-state index in [9.17, 15) is 18.0 Å². The fourth-order valence-corrected chi connectivity index (χ4v) is 6.17. The van der Waals surface area contributed by atoms with Crippen molar-refractivity contribution in [3.63, 3.8) is 0 Å². The van der Waals surface area contributed by atoms with Crippen LogP contribution in [-0.2, 0) is 26.2 Å². The van der Waals surface area contributed by atoms with Gasteiger partial charge in [-0.2, -0.15) is 0 Å². The lowest BCUT2D eigenvalue weighted by Gasteiger charge is -2.32. The highest BCUT2D eigenvalue weighted by Gasteiger charge is 2.34. The van der Waals surface area contributed by atoms with Crippen LogP contribution < -0.4 is 23.8 Å². The van der Waals surface area contributed by atoms with E-state index in [0.29, 0.717) is 16.3 Å². The highest BCUT2D eigenvalue weighted by atomic mass is 35.5. The lowest BCUT2D eigenvalue weighted by atomic mass is 10.1. The number of halogens is 3. The summed E-state index contributed by atoms with van der Waals surface area (Å²) in [5.74, 6) is -0.561. The van der Waals surface area contributed by atoms with Crippen LogP contribution in [0, 0.1) is 0 Å². The first kappa shape index (κ1) is 33.1. The number of amides is 2. The Balaban J connectivity index is 2.17. The quantitative estimate of drug-likeness (QED) is 0.290. The summed E-state index contributed by atoms with van der Waals surface area (Å²) in [5, 5.41) is 3.38. The van der Waals surface area contributed by atoms with Crippen LogP contribution in [0.15, 0.2) is 59.5 Å². The van der Waals surface area contributed by atoms with Crippen LogP contribution in [0.25, 0.3) is 0 Å². The van der Waals surface area contributed by atoms with E-state index in [-0.39, 0.29) is 38.7 Å². The van der Waals surface area contributed by atoms with Gasteiger partial charge in [0, 0.05) is 34.7 Å². The lowest BCUT2D eigenvalue weighted by molar-refractivity contribution is -0.139. The van der Waals surface area contributed by atoms with Crippen molar-refractivity contribution in [3.05, 3.63) is 75.2 Å². The molecule has 0 unspecified atom stereocenters. The van der Waals surface area contributed by atoms with Crippen molar-refractivity contribution in [2.75, 3.05) is 39.2 Å². The van der Waals surface area contributed by atoms with Crippen molar-refractivity contribution in [2.45, 2.75) is 24.4 Å². The molecule has 0 aliphatic heterocycles. The number of nitrogens with zero attached hydrogens (tertiary/aromatic N) is 2. The highest BCUT2D eigenvalue weighted by molar-refractivity contribution is 7.92. The molecule has 0 spiro atoms. The zero-order chi connectivity index (χ0) is 31.2. The summed E-state index contributed by atoms with van der Waals surface area (Å²) in [6, 6.07) is 12.1. The van der Waals surface area contributed by atoms with Gasteiger partial charge in [0.25, 0.3) is 10.0 Å². The average Bonchev–Trinajstić information content (AvgIpc) is 2.97. The van der Waals surface area contributed by atoms with Gasteiger partial charge in [-0.15, -0.1) is 0 Å². The van der Waals surface area contributed by atoms with Crippen molar-refractivity contribution in [2.24, 2.45) is 0 Å². The molecule has 1 atom stereocenters. The maximum absolute atomic E-state index is 14.2. The second-order valence-corrected chi connectivity index (χ2v) is 12.0. The predicted octanol–water partition coefficient (Wildman–Crippen LogP) is 5.03. The summed E-state index contributed by atoms with van der Waals surface area (Å²) < 4.78 is 45.2. The molecule has 3 rings (SSSR count). The second kappa shape index (κ2) is 14.2. The third-order valence-corrected chi connectivity index (χ3v) is 8.98. The molecule has 0 fully saturated rings. The Morgan fingerprint density at radius 2 is 1.45 bits per heavy atom. The Bertz CT molecular complexity index is 1570. The van der Waals surface area contributed by atoms with Crippen LogP contribution in [-0.4, -0.2) is 66.1 Å². The zero-order valence-electron chi connectivity index (χ0n) is 23.5. The Morgan fingerprint density at radius 3 is 2.05 bits per heavy atom. The molecule has 0 radical (unpaired) electrons. The van der Waals surface area contributed by atoms with Gasteiger partial charge in [-0.05, 0) is 55.0 Å². The number of hydrogen-bond donors (Lipinski definition) is 1. The molecule has 2 amide bonds.